The summed E-state index contributed by atoms with van der Waals surface area (Å²) in [5.41, 5.74) is 0.732. The van der Waals surface area contributed by atoms with Crippen LogP contribution in [0.25, 0.3) is 0 Å². The van der Waals surface area contributed by atoms with E-state index >= 15 is 0 Å². The van der Waals surface area contributed by atoms with Crippen LogP contribution in [0, 0.1) is 11.7 Å². The zero-order valence-electron chi connectivity index (χ0n) is 10.9. The number of halogens is 1. The summed E-state index contributed by atoms with van der Waals surface area (Å²) >= 11 is 0. The van der Waals surface area contributed by atoms with Gasteiger partial charge in [-0.2, -0.15) is 0 Å². The third kappa shape index (κ3) is 4.35. The second-order valence-electron chi connectivity index (χ2n) is 4.45. The lowest BCUT2D eigenvalue weighted by Gasteiger charge is -2.14. The van der Waals surface area contributed by atoms with Gasteiger partial charge >= 0.3 is 0 Å². The van der Waals surface area contributed by atoms with Crippen LogP contribution in [0.1, 0.15) is 25.8 Å². The Kier molecular flexibility index (Phi) is 5.98. The Morgan fingerprint density at radius 3 is 2.82 bits per heavy atom. The van der Waals surface area contributed by atoms with Crippen LogP contribution in [-0.2, 0) is 6.42 Å². The highest BCUT2D eigenvalue weighted by Crippen LogP contribution is 2.22. The van der Waals surface area contributed by atoms with Gasteiger partial charge < -0.3 is 10.1 Å². The summed E-state index contributed by atoms with van der Waals surface area (Å²) in [7, 11) is 1.49. The normalized spacial score (nSPS) is 12.5. The van der Waals surface area contributed by atoms with Crippen LogP contribution in [0.3, 0.4) is 0 Å². The molecule has 0 saturated heterocycles. The van der Waals surface area contributed by atoms with Crippen LogP contribution in [0.2, 0.25) is 0 Å². The molecule has 0 aliphatic heterocycles. The van der Waals surface area contributed by atoms with E-state index in [1.54, 1.807) is 6.07 Å². The number of nitrogens with one attached hydrogen (secondary N) is 1. The minimum absolute atomic E-state index is 0.225. The molecule has 1 rings (SSSR count). The van der Waals surface area contributed by atoms with Crippen molar-refractivity contribution in [1.29, 1.82) is 0 Å². The van der Waals surface area contributed by atoms with Crippen molar-refractivity contribution in [3.05, 3.63) is 29.6 Å². The fourth-order valence-electron chi connectivity index (χ4n) is 1.84. The molecule has 0 aliphatic rings. The van der Waals surface area contributed by atoms with Gasteiger partial charge in [0.25, 0.3) is 0 Å². The minimum Gasteiger partial charge on any atom is -0.494 e. The Morgan fingerprint density at radius 2 is 2.18 bits per heavy atom. The van der Waals surface area contributed by atoms with Gasteiger partial charge in [-0.1, -0.05) is 26.0 Å². The lowest BCUT2D eigenvalue weighted by molar-refractivity contribution is 0.382. The number of benzene rings is 1. The lowest BCUT2D eigenvalue weighted by Crippen LogP contribution is -2.23. The molecule has 1 aromatic carbocycles. The molecule has 2 nitrogen and oxygen atoms in total. The van der Waals surface area contributed by atoms with Crippen molar-refractivity contribution in [2.24, 2.45) is 5.92 Å². The zero-order chi connectivity index (χ0) is 12.7. The van der Waals surface area contributed by atoms with Crippen LogP contribution in [0.15, 0.2) is 18.2 Å². The van der Waals surface area contributed by atoms with Gasteiger partial charge in [-0.25, -0.2) is 4.39 Å². The maximum atomic E-state index is 13.9. The molecule has 17 heavy (non-hydrogen) atoms. The van der Waals surface area contributed by atoms with Gasteiger partial charge in [-0.15, -0.1) is 0 Å². The first kappa shape index (κ1) is 14.0. The third-order valence-corrected chi connectivity index (χ3v) is 2.75. The summed E-state index contributed by atoms with van der Waals surface area (Å²) < 4.78 is 18.9. The molecule has 0 spiro atoms. The predicted octanol–water partition coefficient (Wildman–Crippen LogP) is 3.01. The summed E-state index contributed by atoms with van der Waals surface area (Å²) in [6.07, 6.45) is 1.86. The highest BCUT2D eigenvalue weighted by molar-refractivity contribution is 5.31. The first-order valence-corrected chi connectivity index (χ1v) is 6.21. The predicted molar refractivity (Wildman–Crippen MR) is 69.0 cm³/mol. The standard InChI is InChI=1S/C14H22FNO/c1-4-8-16-10-11(2)9-12-6-5-7-13(17-3)14(12)15/h5-7,11,16H,4,8-10H2,1-3H3. The highest BCUT2D eigenvalue weighted by Gasteiger charge is 2.11. The summed E-state index contributed by atoms with van der Waals surface area (Å²) in [6, 6.07) is 5.32. The van der Waals surface area contributed by atoms with Crippen LogP contribution in [0.5, 0.6) is 5.75 Å². The summed E-state index contributed by atoms with van der Waals surface area (Å²) in [5, 5.41) is 3.35. The van der Waals surface area contributed by atoms with Gasteiger partial charge in [0.2, 0.25) is 0 Å². The van der Waals surface area contributed by atoms with E-state index in [4.69, 9.17) is 4.74 Å². The van der Waals surface area contributed by atoms with E-state index in [1.807, 2.05) is 12.1 Å². The molecule has 3 heteroatoms. The van der Waals surface area contributed by atoms with Gasteiger partial charge in [0.1, 0.15) is 0 Å². The van der Waals surface area contributed by atoms with E-state index in [1.165, 1.54) is 7.11 Å². The Morgan fingerprint density at radius 1 is 1.41 bits per heavy atom. The van der Waals surface area contributed by atoms with Crippen LogP contribution >= 0.6 is 0 Å². The fraction of sp³-hybridized carbons (Fsp3) is 0.571. The second kappa shape index (κ2) is 7.28. The van der Waals surface area contributed by atoms with Gasteiger partial charge in [-0.3, -0.25) is 0 Å². The zero-order valence-corrected chi connectivity index (χ0v) is 10.9. The van der Waals surface area contributed by atoms with Gasteiger partial charge in [-0.05, 0) is 43.5 Å². The maximum absolute atomic E-state index is 13.9. The molecule has 0 bridgehead atoms. The van der Waals surface area contributed by atoms with Crippen molar-refractivity contribution in [1.82, 2.24) is 5.32 Å². The van der Waals surface area contributed by atoms with Crippen LogP contribution < -0.4 is 10.1 Å². The number of hydrogen-bond donors (Lipinski definition) is 1. The summed E-state index contributed by atoms with van der Waals surface area (Å²) in [4.78, 5) is 0. The lowest BCUT2D eigenvalue weighted by atomic mass is 10.0. The Bertz CT molecular complexity index is 341. The van der Waals surface area contributed by atoms with Gasteiger partial charge in [0, 0.05) is 0 Å². The number of ether oxygens (including phenoxy) is 1. The van der Waals surface area contributed by atoms with E-state index in [-0.39, 0.29) is 5.82 Å². The van der Waals surface area contributed by atoms with Crippen molar-refractivity contribution in [2.75, 3.05) is 20.2 Å². The van der Waals surface area contributed by atoms with Crippen LogP contribution in [0.4, 0.5) is 4.39 Å². The first-order chi connectivity index (χ1) is 8.19. The summed E-state index contributed by atoms with van der Waals surface area (Å²) in [5.74, 6) is 0.525. The average molecular weight is 239 g/mol. The maximum Gasteiger partial charge on any atom is 0.168 e. The van der Waals surface area contributed by atoms with Crippen molar-refractivity contribution >= 4 is 0 Å². The first-order valence-electron chi connectivity index (χ1n) is 6.21. The molecule has 0 aromatic heterocycles. The molecule has 0 saturated carbocycles. The van der Waals surface area contributed by atoms with Crippen LogP contribution in [-0.4, -0.2) is 20.2 Å². The second-order valence-corrected chi connectivity index (χ2v) is 4.45. The van der Waals surface area contributed by atoms with E-state index in [2.05, 4.69) is 19.2 Å². The molecule has 96 valence electrons. The molecular formula is C14H22FNO. The Hall–Kier alpha value is -1.09. The number of rotatable bonds is 7. The van der Waals surface area contributed by atoms with E-state index in [0.29, 0.717) is 11.7 Å². The van der Waals surface area contributed by atoms with Crippen molar-refractivity contribution in [2.45, 2.75) is 26.7 Å². The molecule has 0 radical (unpaired) electrons. The van der Waals surface area contributed by atoms with Gasteiger partial charge in [0.15, 0.2) is 11.6 Å². The third-order valence-electron chi connectivity index (χ3n) is 2.75. The quantitative estimate of drug-likeness (QED) is 0.738. The van der Waals surface area contributed by atoms with E-state index < -0.39 is 0 Å². The largest absolute Gasteiger partial charge is 0.494 e. The Balaban J connectivity index is 2.55. The molecule has 1 atom stereocenters. The molecule has 1 N–H and O–H groups in total. The number of hydrogen-bond acceptors (Lipinski definition) is 2. The molecule has 0 heterocycles. The topological polar surface area (TPSA) is 21.3 Å². The van der Waals surface area contributed by atoms with E-state index in [0.717, 1.165) is 31.5 Å². The number of methoxy groups -OCH3 is 1. The molecule has 0 aliphatic carbocycles. The minimum atomic E-state index is -0.225. The molecule has 1 aromatic rings. The smallest absolute Gasteiger partial charge is 0.168 e. The monoisotopic (exact) mass is 239 g/mol. The van der Waals surface area contributed by atoms with Crippen molar-refractivity contribution in [3.63, 3.8) is 0 Å². The van der Waals surface area contributed by atoms with E-state index in [9.17, 15) is 4.39 Å². The van der Waals surface area contributed by atoms with Gasteiger partial charge in [0.05, 0.1) is 7.11 Å². The van der Waals surface area contributed by atoms with Crippen molar-refractivity contribution < 1.29 is 9.13 Å². The Labute approximate surface area is 103 Å². The average Bonchev–Trinajstić information content (AvgIpc) is 2.32. The molecule has 0 fully saturated rings. The SMILES string of the molecule is CCCNCC(C)Cc1cccc(OC)c1F. The van der Waals surface area contributed by atoms with Crippen molar-refractivity contribution in [3.8, 4) is 5.75 Å². The summed E-state index contributed by atoms with van der Waals surface area (Å²) in [6.45, 7) is 6.20. The molecule has 1 unspecified atom stereocenters. The molecular weight excluding hydrogens is 217 g/mol. The fourth-order valence-corrected chi connectivity index (χ4v) is 1.84. The highest BCUT2D eigenvalue weighted by atomic mass is 19.1. The molecule has 0 amide bonds.